The van der Waals surface area contributed by atoms with Crippen LogP contribution in [-0.4, -0.2) is 33.6 Å². The van der Waals surface area contributed by atoms with Gasteiger partial charge in [-0.25, -0.2) is 8.42 Å². The first kappa shape index (κ1) is 22.9. The van der Waals surface area contributed by atoms with Gasteiger partial charge in [-0.2, -0.15) is 0 Å². The van der Waals surface area contributed by atoms with E-state index in [2.05, 4.69) is 10.0 Å². The maximum atomic E-state index is 12.6. The molecule has 1 saturated carbocycles. The first-order valence-corrected chi connectivity index (χ1v) is 12.2. The van der Waals surface area contributed by atoms with Crippen molar-refractivity contribution in [2.24, 2.45) is 0 Å². The van der Waals surface area contributed by atoms with E-state index in [1.54, 1.807) is 36.4 Å². The fourth-order valence-electron chi connectivity index (χ4n) is 3.56. The molecule has 1 aliphatic rings. The van der Waals surface area contributed by atoms with Crippen LogP contribution in [0.3, 0.4) is 0 Å². The van der Waals surface area contributed by atoms with Crippen molar-refractivity contribution >= 4 is 21.6 Å². The van der Waals surface area contributed by atoms with Crippen LogP contribution in [0.15, 0.2) is 53.4 Å². The molecule has 2 N–H and O–H groups in total. The number of benzene rings is 2. The fraction of sp³-hybridized carbons (Fsp3) is 0.435. The molecule has 0 aromatic heterocycles. The quantitative estimate of drug-likeness (QED) is 0.566. The van der Waals surface area contributed by atoms with Crippen LogP contribution in [0.4, 0.5) is 5.69 Å². The number of carbonyl (C=O) groups excluding carboxylic acids is 1. The number of amides is 1. The van der Waals surface area contributed by atoms with Gasteiger partial charge in [0.15, 0.2) is 6.61 Å². The van der Waals surface area contributed by atoms with Gasteiger partial charge in [0, 0.05) is 11.7 Å². The maximum absolute atomic E-state index is 12.6. The SMILES string of the molecule is CCOc1ccc(NS(=O)(=O)c2ccc(OCC(=O)NC3CCCCCC3)cc2)cc1. The molecule has 31 heavy (non-hydrogen) atoms. The predicted octanol–water partition coefficient (Wildman–Crippen LogP) is 4.10. The first-order valence-electron chi connectivity index (χ1n) is 10.7. The minimum absolute atomic E-state index is 0.0903. The van der Waals surface area contributed by atoms with E-state index >= 15 is 0 Å². The fourth-order valence-corrected chi connectivity index (χ4v) is 4.62. The molecule has 3 rings (SSSR count). The molecular formula is C23H30N2O5S. The smallest absolute Gasteiger partial charge is 0.261 e. The standard InChI is InChI=1S/C23H30N2O5S/c1-2-29-20-11-9-19(10-12-20)25-31(27,28)22-15-13-21(14-16-22)30-17-23(26)24-18-7-5-3-4-6-8-18/h9-16,18,25H,2-8,17H2,1H3,(H,24,26). The Morgan fingerprint density at radius 1 is 0.903 bits per heavy atom. The van der Waals surface area contributed by atoms with Gasteiger partial charge in [-0.15, -0.1) is 0 Å². The van der Waals surface area contributed by atoms with Gasteiger partial charge in [0.05, 0.1) is 11.5 Å². The van der Waals surface area contributed by atoms with Crippen molar-refractivity contribution in [3.63, 3.8) is 0 Å². The molecule has 0 aliphatic heterocycles. The second-order valence-electron chi connectivity index (χ2n) is 7.58. The summed E-state index contributed by atoms with van der Waals surface area (Å²) >= 11 is 0. The van der Waals surface area contributed by atoms with E-state index in [0.29, 0.717) is 23.8 Å². The third-order valence-electron chi connectivity index (χ3n) is 5.14. The van der Waals surface area contributed by atoms with Crippen molar-refractivity contribution in [2.45, 2.75) is 56.4 Å². The summed E-state index contributed by atoms with van der Waals surface area (Å²) in [5.41, 5.74) is 0.443. The lowest BCUT2D eigenvalue weighted by atomic mass is 10.1. The number of anilines is 1. The monoisotopic (exact) mass is 446 g/mol. The molecule has 1 amide bonds. The molecular weight excluding hydrogens is 416 g/mol. The van der Waals surface area contributed by atoms with Crippen LogP contribution >= 0.6 is 0 Å². The summed E-state index contributed by atoms with van der Waals surface area (Å²) in [6, 6.07) is 12.9. The van der Waals surface area contributed by atoms with Crippen LogP contribution in [0.25, 0.3) is 0 Å². The summed E-state index contributed by atoms with van der Waals surface area (Å²) in [6.07, 6.45) is 6.77. The molecule has 168 valence electrons. The van der Waals surface area contributed by atoms with Crippen molar-refractivity contribution in [2.75, 3.05) is 17.9 Å². The van der Waals surface area contributed by atoms with E-state index < -0.39 is 10.0 Å². The van der Waals surface area contributed by atoms with Gasteiger partial charge in [-0.1, -0.05) is 25.7 Å². The van der Waals surface area contributed by atoms with Crippen LogP contribution in [0.1, 0.15) is 45.4 Å². The molecule has 1 fully saturated rings. The lowest BCUT2D eigenvalue weighted by Crippen LogP contribution is -2.37. The second-order valence-corrected chi connectivity index (χ2v) is 9.26. The highest BCUT2D eigenvalue weighted by atomic mass is 32.2. The molecule has 7 nitrogen and oxygen atoms in total. The van der Waals surface area contributed by atoms with Crippen LogP contribution in [-0.2, 0) is 14.8 Å². The first-order chi connectivity index (χ1) is 15.0. The lowest BCUT2D eigenvalue weighted by molar-refractivity contribution is -0.123. The number of hydrogen-bond donors (Lipinski definition) is 2. The van der Waals surface area contributed by atoms with Gasteiger partial charge in [0.25, 0.3) is 15.9 Å². The number of carbonyl (C=O) groups is 1. The number of hydrogen-bond acceptors (Lipinski definition) is 5. The molecule has 0 unspecified atom stereocenters. The molecule has 1 aliphatic carbocycles. The van der Waals surface area contributed by atoms with Crippen molar-refractivity contribution in [3.05, 3.63) is 48.5 Å². The van der Waals surface area contributed by atoms with E-state index in [1.807, 2.05) is 6.92 Å². The Kier molecular flexibility index (Phi) is 8.17. The Hall–Kier alpha value is -2.74. The zero-order valence-corrected chi connectivity index (χ0v) is 18.6. The van der Waals surface area contributed by atoms with Gasteiger partial charge in [-0.05, 0) is 68.3 Å². The summed E-state index contributed by atoms with van der Waals surface area (Å²) in [4.78, 5) is 12.2. The van der Waals surface area contributed by atoms with E-state index in [-0.39, 0.29) is 23.5 Å². The lowest BCUT2D eigenvalue weighted by Gasteiger charge is -2.16. The summed E-state index contributed by atoms with van der Waals surface area (Å²) < 4.78 is 38.6. The largest absolute Gasteiger partial charge is 0.494 e. The number of nitrogens with one attached hydrogen (secondary N) is 2. The van der Waals surface area contributed by atoms with E-state index in [9.17, 15) is 13.2 Å². The average molecular weight is 447 g/mol. The number of rotatable bonds is 9. The Labute approximate surface area is 184 Å². The molecule has 0 spiro atoms. The minimum atomic E-state index is -3.73. The second kappa shape index (κ2) is 11.0. The number of sulfonamides is 1. The van der Waals surface area contributed by atoms with Crippen LogP contribution < -0.4 is 19.5 Å². The molecule has 0 bridgehead atoms. The molecule has 0 saturated heterocycles. The maximum Gasteiger partial charge on any atom is 0.261 e. The Bertz CT molecular complexity index is 935. The molecule has 0 heterocycles. The topological polar surface area (TPSA) is 93.7 Å². The summed E-state index contributed by atoms with van der Waals surface area (Å²) in [5, 5.41) is 3.03. The highest BCUT2D eigenvalue weighted by molar-refractivity contribution is 7.92. The van der Waals surface area contributed by atoms with Crippen LogP contribution in [0, 0.1) is 0 Å². The molecule has 0 radical (unpaired) electrons. The van der Waals surface area contributed by atoms with Crippen molar-refractivity contribution in [1.82, 2.24) is 5.32 Å². The van der Waals surface area contributed by atoms with Gasteiger partial charge in [0.2, 0.25) is 0 Å². The van der Waals surface area contributed by atoms with E-state index in [4.69, 9.17) is 9.47 Å². The van der Waals surface area contributed by atoms with Gasteiger partial charge in [-0.3, -0.25) is 9.52 Å². The van der Waals surface area contributed by atoms with Gasteiger partial charge in [0.1, 0.15) is 11.5 Å². The normalized spacial score (nSPS) is 15.0. The molecule has 2 aromatic rings. The Balaban J connectivity index is 1.51. The highest BCUT2D eigenvalue weighted by Crippen LogP contribution is 2.21. The summed E-state index contributed by atoms with van der Waals surface area (Å²) in [7, 11) is -3.73. The van der Waals surface area contributed by atoms with Crippen molar-refractivity contribution < 1.29 is 22.7 Å². The third kappa shape index (κ3) is 7.17. The van der Waals surface area contributed by atoms with E-state index in [0.717, 1.165) is 25.7 Å². The van der Waals surface area contributed by atoms with Crippen LogP contribution in [0.2, 0.25) is 0 Å². The van der Waals surface area contributed by atoms with Gasteiger partial charge < -0.3 is 14.8 Å². The van der Waals surface area contributed by atoms with Crippen molar-refractivity contribution in [3.8, 4) is 11.5 Å². The zero-order valence-electron chi connectivity index (χ0n) is 17.8. The third-order valence-corrected chi connectivity index (χ3v) is 6.54. The Morgan fingerprint density at radius 2 is 1.48 bits per heavy atom. The predicted molar refractivity (Wildman–Crippen MR) is 120 cm³/mol. The van der Waals surface area contributed by atoms with Crippen molar-refractivity contribution in [1.29, 1.82) is 0 Å². The molecule has 0 atom stereocenters. The Morgan fingerprint density at radius 3 is 2.10 bits per heavy atom. The number of ether oxygens (including phenoxy) is 2. The summed E-state index contributed by atoms with van der Waals surface area (Å²) in [5.74, 6) is 0.965. The van der Waals surface area contributed by atoms with E-state index in [1.165, 1.54) is 25.0 Å². The van der Waals surface area contributed by atoms with Crippen LogP contribution in [0.5, 0.6) is 11.5 Å². The zero-order chi connectivity index (χ0) is 22.1. The average Bonchev–Trinajstić information content (AvgIpc) is 3.03. The molecule has 2 aromatic carbocycles. The van der Waals surface area contributed by atoms with Gasteiger partial charge >= 0.3 is 0 Å². The summed E-state index contributed by atoms with van der Waals surface area (Å²) in [6.45, 7) is 2.34. The molecule has 8 heteroatoms. The minimum Gasteiger partial charge on any atom is -0.494 e. The highest BCUT2D eigenvalue weighted by Gasteiger charge is 2.16.